The molecule has 2 rings (SSSR count). The third-order valence-electron chi connectivity index (χ3n) is 4.03. The summed E-state index contributed by atoms with van der Waals surface area (Å²) >= 11 is 0. The van der Waals surface area contributed by atoms with Crippen molar-refractivity contribution in [1.29, 1.82) is 0 Å². The number of hydrogen-bond donors (Lipinski definition) is 0. The average molecular weight is 329 g/mol. The molecular formula is C21H32N2O. The van der Waals surface area contributed by atoms with Crippen LogP contribution in [0.5, 0.6) is 5.75 Å². The van der Waals surface area contributed by atoms with Gasteiger partial charge in [-0.15, -0.1) is 0 Å². The Labute approximate surface area is 146 Å². The minimum Gasteiger partial charge on any atom is -0.492 e. The summed E-state index contributed by atoms with van der Waals surface area (Å²) in [5.41, 5.74) is 3.43. The summed E-state index contributed by atoms with van der Waals surface area (Å²) < 4.78 is 8.40. The van der Waals surface area contributed by atoms with Gasteiger partial charge in [-0.2, -0.15) is 0 Å². The van der Waals surface area contributed by atoms with Crippen molar-refractivity contribution in [2.75, 3.05) is 6.61 Å². The molecule has 0 saturated heterocycles. The first-order valence-electron chi connectivity index (χ1n) is 9.17. The SMILES string of the molecule is CCCCOc1c(/C(CCC)=N/C(C)(C)C)ccc2c1ccn2C. The standard InChI is InChI=1S/C21H32N2O/c1-7-9-15-24-20-16(18(10-8-2)22-21(3,4)5)11-12-19-17(20)13-14-23(19)6/h11-14H,7-10,15H2,1-6H3/b22-18+. The Morgan fingerprint density at radius 1 is 1.12 bits per heavy atom. The lowest BCUT2D eigenvalue weighted by Crippen LogP contribution is -2.16. The summed E-state index contributed by atoms with van der Waals surface area (Å²) in [5, 5.41) is 1.18. The summed E-state index contributed by atoms with van der Waals surface area (Å²) in [7, 11) is 2.08. The summed E-state index contributed by atoms with van der Waals surface area (Å²) in [5.74, 6) is 0.998. The van der Waals surface area contributed by atoms with E-state index in [2.05, 4.69) is 70.6 Å². The molecule has 0 fully saturated rings. The van der Waals surface area contributed by atoms with Gasteiger partial charge in [-0.05, 0) is 51.8 Å². The molecule has 0 N–H and O–H groups in total. The molecule has 0 aliphatic heterocycles. The van der Waals surface area contributed by atoms with Crippen molar-refractivity contribution in [3.05, 3.63) is 30.0 Å². The monoisotopic (exact) mass is 328 g/mol. The number of unbranched alkanes of at least 4 members (excludes halogenated alkanes) is 1. The van der Waals surface area contributed by atoms with Crippen LogP contribution in [-0.2, 0) is 7.05 Å². The van der Waals surface area contributed by atoms with Crippen molar-refractivity contribution in [2.45, 2.75) is 65.8 Å². The quantitative estimate of drug-likeness (QED) is 0.470. The Hall–Kier alpha value is -1.77. The summed E-state index contributed by atoms with van der Waals surface area (Å²) in [6.45, 7) is 11.6. The van der Waals surface area contributed by atoms with Crippen molar-refractivity contribution in [1.82, 2.24) is 4.57 Å². The Morgan fingerprint density at radius 2 is 1.88 bits per heavy atom. The van der Waals surface area contributed by atoms with Gasteiger partial charge >= 0.3 is 0 Å². The van der Waals surface area contributed by atoms with E-state index >= 15 is 0 Å². The maximum absolute atomic E-state index is 6.25. The number of aryl methyl sites for hydroxylation is 1. The normalized spacial score (nSPS) is 12.8. The van der Waals surface area contributed by atoms with Crippen LogP contribution < -0.4 is 4.74 Å². The Balaban J connectivity index is 2.57. The molecule has 0 amide bonds. The minimum atomic E-state index is -0.0865. The highest BCUT2D eigenvalue weighted by atomic mass is 16.5. The largest absolute Gasteiger partial charge is 0.492 e. The van der Waals surface area contributed by atoms with Crippen molar-refractivity contribution in [3.8, 4) is 5.75 Å². The van der Waals surface area contributed by atoms with Gasteiger partial charge in [-0.3, -0.25) is 4.99 Å². The van der Waals surface area contributed by atoms with Crippen LogP contribution in [0.1, 0.15) is 65.9 Å². The topological polar surface area (TPSA) is 26.5 Å². The molecule has 1 aromatic carbocycles. The fraction of sp³-hybridized carbons (Fsp3) is 0.571. The molecule has 3 heteroatoms. The Bertz CT molecular complexity index is 704. The molecule has 0 radical (unpaired) electrons. The summed E-state index contributed by atoms with van der Waals surface area (Å²) in [6.07, 6.45) is 6.36. The molecule has 24 heavy (non-hydrogen) atoms. The average Bonchev–Trinajstić information content (AvgIpc) is 2.88. The van der Waals surface area contributed by atoms with Gasteiger partial charge in [-0.25, -0.2) is 0 Å². The van der Waals surface area contributed by atoms with Gasteiger partial charge in [0.1, 0.15) is 5.75 Å². The number of hydrogen-bond acceptors (Lipinski definition) is 2. The first kappa shape index (κ1) is 18.6. The second kappa shape index (κ2) is 7.87. The first-order chi connectivity index (χ1) is 11.4. The zero-order valence-corrected chi connectivity index (χ0v) is 16.1. The molecule has 0 aliphatic carbocycles. The highest BCUT2D eigenvalue weighted by molar-refractivity contribution is 6.07. The number of benzene rings is 1. The third-order valence-corrected chi connectivity index (χ3v) is 4.03. The number of nitrogens with zero attached hydrogens (tertiary/aromatic N) is 2. The maximum Gasteiger partial charge on any atom is 0.137 e. The van der Waals surface area contributed by atoms with E-state index in [1.165, 1.54) is 10.9 Å². The molecule has 1 heterocycles. The Morgan fingerprint density at radius 3 is 2.50 bits per heavy atom. The molecule has 0 atom stereocenters. The van der Waals surface area contributed by atoms with Crippen LogP contribution in [0.25, 0.3) is 10.9 Å². The zero-order valence-electron chi connectivity index (χ0n) is 16.1. The van der Waals surface area contributed by atoms with E-state index in [0.717, 1.165) is 49.3 Å². The van der Waals surface area contributed by atoms with Gasteiger partial charge in [0.05, 0.1) is 17.7 Å². The number of aliphatic imine (C=N–C) groups is 1. The van der Waals surface area contributed by atoms with Crippen molar-refractivity contribution in [3.63, 3.8) is 0 Å². The molecule has 2 aromatic rings. The molecule has 1 aromatic heterocycles. The van der Waals surface area contributed by atoms with Gasteiger partial charge in [0, 0.05) is 29.9 Å². The fourth-order valence-electron chi connectivity index (χ4n) is 2.92. The van der Waals surface area contributed by atoms with Crippen LogP contribution in [0, 0.1) is 0 Å². The first-order valence-corrected chi connectivity index (χ1v) is 9.17. The van der Waals surface area contributed by atoms with Gasteiger partial charge in [0.2, 0.25) is 0 Å². The number of ether oxygens (including phenoxy) is 1. The van der Waals surface area contributed by atoms with Crippen molar-refractivity contribution in [2.24, 2.45) is 12.0 Å². The molecule has 0 unspecified atom stereocenters. The van der Waals surface area contributed by atoms with Gasteiger partial charge < -0.3 is 9.30 Å². The number of fused-ring (bicyclic) bond motifs is 1. The lowest BCUT2D eigenvalue weighted by molar-refractivity contribution is 0.312. The van der Waals surface area contributed by atoms with E-state index in [1.807, 2.05) is 0 Å². The molecule has 0 bridgehead atoms. The molecule has 132 valence electrons. The smallest absolute Gasteiger partial charge is 0.137 e. The summed E-state index contributed by atoms with van der Waals surface area (Å²) in [4.78, 5) is 5.00. The van der Waals surface area contributed by atoms with Gasteiger partial charge in [-0.1, -0.05) is 26.7 Å². The van der Waals surface area contributed by atoms with Gasteiger partial charge in [0.15, 0.2) is 0 Å². The third kappa shape index (κ3) is 4.40. The highest BCUT2D eigenvalue weighted by Crippen LogP contribution is 2.33. The van der Waals surface area contributed by atoms with Gasteiger partial charge in [0.25, 0.3) is 0 Å². The zero-order chi connectivity index (χ0) is 17.7. The van der Waals surface area contributed by atoms with E-state index in [9.17, 15) is 0 Å². The lowest BCUT2D eigenvalue weighted by atomic mass is 10.0. The van der Waals surface area contributed by atoms with Crippen LogP contribution in [-0.4, -0.2) is 22.4 Å². The van der Waals surface area contributed by atoms with E-state index in [4.69, 9.17) is 9.73 Å². The van der Waals surface area contributed by atoms with Crippen LogP contribution in [0.3, 0.4) is 0 Å². The lowest BCUT2D eigenvalue weighted by Gasteiger charge is -2.19. The van der Waals surface area contributed by atoms with Crippen LogP contribution in [0.2, 0.25) is 0 Å². The van der Waals surface area contributed by atoms with Crippen LogP contribution >= 0.6 is 0 Å². The second-order valence-electron chi connectivity index (χ2n) is 7.48. The molecule has 0 aliphatic rings. The van der Waals surface area contributed by atoms with E-state index < -0.39 is 0 Å². The fourth-order valence-corrected chi connectivity index (χ4v) is 2.92. The van der Waals surface area contributed by atoms with Crippen molar-refractivity contribution < 1.29 is 4.74 Å². The highest BCUT2D eigenvalue weighted by Gasteiger charge is 2.18. The molecule has 3 nitrogen and oxygen atoms in total. The predicted octanol–water partition coefficient (Wildman–Crippen LogP) is 5.74. The molecule has 0 spiro atoms. The van der Waals surface area contributed by atoms with E-state index in [0.29, 0.717) is 0 Å². The molecule has 0 saturated carbocycles. The Kier molecular flexibility index (Phi) is 6.09. The van der Waals surface area contributed by atoms with Crippen molar-refractivity contribution >= 4 is 16.6 Å². The van der Waals surface area contributed by atoms with E-state index in [1.54, 1.807) is 0 Å². The summed E-state index contributed by atoms with van der Waals surface area (Å²) in [6, 6.07) is 6.52. The van der Waals surface area contributed by atoms with Crippen LogP contribution in [0.4, 0.5) is 0 Å². The van der Waals surface area contributed by atoms with E-state index in [-0.39, 0.29) is 5.54 Å². The minimum absolute atomic E-state index is 0.0865. The number of rotatable bonds is 7. The number of aromatic nitrogens is 1. The second-order valence-corrected chi connectivity index (χ2v) is 7.48. The van der Waals surface area contributed by atoms with Crippen LogP contribution in [0.15, 0.2) is 29.4 Å². The maximum atomic E-state index is 6.25. The predicted molar refractivity (Wildman–Crippen MR) is 105 cm³/mol. The molecular weight excluding hydrogens is 296 g/mol.